The van der Waals surface area contributed by atoms with Crippen molar-refractivity contribution in [3.63, 3.8) is 0 Å². The van der Waals surface area contributed by atoms with Crippen LogP contribution in [0.25, 0.3) is 0 Å². The van der Waals surface area contributed by atoms with Crippen molar-refractivity contribution in [2.24, 2.45) is 11.7 Å². The minimum absolute atomic E-state index is 0.160. The van der Waals surface area contributed by atoms with Gasteiger partial charge in [0.2, 0.25) is 5.91 Å². The fraction of sp³-hybridized carbons (Fsp3) is 0.467. The summed E-state index contributed by atoms with van der Waals surface area (Å²) < 4.78 is 26.0. The van der Waals surface area contributed by atoms with E-state index >= 15 is 0 Å². The number of benzene rings is 1. The largest absolute Gasteiger partial charge is 0.480 e. The maximum atomic E-state index is 13.1. The first kappa shape index (κ1) is 18.0. The van der Waals surface area contributed by atoms with Crippen LogP contribution in [0.5, 0.6) is 0 Å². The number of aliphatic carboxylic acids is 1. The first-order valence-corrected chi connectivity index (χ1v) is 6.93. The molecule has 1 amide bonds. The molecule has 0 heterocycles. The Balaban J connectivity index is 2.75. The van der Waals surface area contributed by atoms with Crippen molar-refractivity contribution in [1.82, 2.24) is 5.32 Å². The number of halogens is 2. The van der Waals surface area contributed by atoms with Crippen LogP contribution in [0.2, 0.25) is 0 Å². The number of nitrogens with two attached hydrogens (primary N) is 1. The van der Waals surface area contributed by atoms with Gasteiger partial charge in [-0.2, -0.15) is 0 Å². The number of carbonyl (C=O) groups is 2. The fourth-order valence-electron chi connectivity index (χ4n) is 2.00. The molecule has 0 spiro atoms. The van der Waals surface area contributed by atoms with Crippen LogP contribution in [0.4, 0.5) is 8.78 Å². The minimum Gasteiger partial charge on any atom is -0.480 e. The zero-order valence-electron chi connectivity index (χ0n) is 12.5. The van der Waals surface area contributed by atoms with E-state index in [9.17, 15) is 18.4 Å². The van der Waals surface area contributed by atoms with Crippen molar-refractivity contribution in [2.45, 2.75) is 38.8 Å². The van der Waals surface area contributed by atoms with E-state index in [0.29, 0.717) is 6.42 Å². The second-order valence-electron chi connectivity index (χ2n) is 5.59. The molecule has 1 aromatic rings. The summed E-state index contributed by atoms with van der Waals surface area (Å²) in [4.78, 5) is 23.1. The van der Waals surface area contributed by atoms with Crippen LogP contribution >= 0.6 is 0 Å². The Morgan fingerprint density at radius 2 is 1.91 bits per heavy atom. The summed E-state index contributed by atoms with van der Waals surface area (Å²) in [6, 6.07) is 1.03. The number of rotatable bonds is 7. The summed E-state index contributed by atoms with van der Waals surface area (Å²) >= 11 is 0. The second-order valence-corrected chi connectivity index (χ2v) is 5.59. The van der Waals surface area contributed by atoms with Crippen LogP contribution in [0.15, 0.2) is 18.2 Å². The van der Waals surface area contributed by atoms with E-state index in [1.165, 1.54) is 6.07 Å². The topological polar surface area (TPSA) is 92.4 Å². The zero-order valence-corrected chi connectivity index (χ0v) is 12.5. The highest BCUT2D eigenvalue weighted by Crippen LogP contribution is 2.11. The molecule has 1 rings (SSSR count). The van der Waals surface area contributed by atoms with Crippen molar-refractivity contribution in [3.8, 4) is 0 Å². The molecule has 0 bridgehead atoms. The molecule has 0 radical (unpaired) electrons. The average molecular weight is 314 g/mol. The third-order valence-corrected chi connectivity index (χ3v) is 3.10. The highest BCUT2D eigenvalue weighted by atomic mass is 19.2. The maximum absolute atomic E-state index is 13.1. The average Bonchev–Trinajstić information content (AvgIpc) is 2.41. The highest BCUT2D eigenvalue weighted by molar-refractivity contribution is 5.86. The van der Waals surface area contributed by atoms with Gasteiger partial charge in [0, 0.05) is 6.42 Å². The highest BCUT2D eigenvalue weighted by Gasteiger charge is 2.24. The molecular formula is C15H20F2N2O3. The molecule has 122 valence electrons. The van der Waals surface area contributed by atoms with Gasteiger partial charge in [-0.05, 0) is 30.0 Å². The van der Waals surface area contributed by atoms with Gasteiger partial charge in [-0.1, -0.05) is 19.9 Å². The number of hydrogen-bond acceptors (Lipinski definition) is 3. The fourth-order valence-corrected chi connectivity index (χ4v) is 2.00. The normalized spacial score (nSPS) is 13.7. The zero-order chi connectivity index (χ0) is 16.9. The lowest BCUT2D eigenvalue weighted by atomic mass is 10.0. The minimum atomic E-state index is -1.27. The van der Waals surface area contributed by atoms with Gasteiger partial charge in [0.15, 0.2) is 11.6 Å². The molecule has 4 N–H and O–H groups in total. The third-order valence-electron chi connectivity index (χ3n) is 3.10. The first-order chi connectivity index (χ1) is 10.2. The van der Waals surface area contributed by atoms with Crippen molar-refractivity contribution in [3.05, 3.63) is 35.4 Å². The second kappa shape index (κ2) is 7.84. The molecule has 5 nitrogen and oxygen atoms in total. The summed E-state index contributed by atoms with van der Waals surface area (Å²) in [5.41, 5.74) is 5.96. The molecular weight excluding hydrogens is 294 g/mol. The molecule has 0 aliphatic heterocycles. The molecule has 22 heavy (non-hydrogen) atoms. The summed E-state index contributed by atoms with van der Waals surface area (Å²) in [6.45, 7) is 3.78. The Bertz CT molecular complexity index is 550. The van der Waals surface area contributed by atoms with Gasteiger partial charge in [-0.25, -0.2) is 13.6 Å². The van der Waals surface area contributed by atoms with E-state index in [4.69, 9.17) is 10.8 Å². The molecule has 2 atom stereocenters. The lowest BCUT2D eigenvalue weighted by Gasteiger charge is -2.19. The van der Waals surface area contributed by atoms with Gasteiger partial charge in [0.05, 0.1) is 6.04 Å². The van der Waals surface area contributed by atoms with Crippen molar-refractivity contribution in [2.75, 3.05) is 0 Å². The van der Waals surface area contributed by atoms with E-state index in [1.54, 1.807) is 0 Å². The molecule has 0 aliphatic rings. The van der Waals surface area contributed by atoms with Gasteiger partial charge < -0.3 is 16.2 Å². The van der Waals surface area contributed by atoms with Crippen LogP contribution in [-0.4, -0.2) is 29.1 Å². The van der Waals surface area contributed by atoms with Gasteiger partial charge in [0.25, 0.3) is 0 Å². The van der Waals surface area contributed by atoms with Crippen molar-refractivity contribution in [1.29, 1.82) is 0 Å². The Hall–Kier alpha value is -2.02. The van der Waals surface area contributed by atoms with Gasteiger partial charge in [-0.3, -0.25) is 4.79 Å². The predicted molar refractivity (Wildman–Crippen MR) is 77.1 cm³/mol. The van der Waals surface area contributed by atoms with Crippen molar-refractivity contribution >= 4 is 11.9 Å². The van der Waals surface area contributed by atoms with E-state index < -0.39 is 35.6 Å². The Morgan fingerprint density at radius 3 is 2.41 bits per heavy atom. The first-order valence-electron chi connectivity index (χ1n) is 6.93. The predicted octanol–water partition coefficient (Wildman–Crippen LogP) is 1.45. The Morgan fingerprint density at radius 1 is 1.27 bits per heavy atom. The lowest BCUT2D eigenvalue weighted by molar-refractivity contribution is -0.142. The number of carboxylic acids is 1. The Kier molecular flexibility index (Phi) is 6.42. The molecule has 0 aromatic heterocycles. The third kappa shape index (κ3) is 5.40. The molecule has 1 unspecified atom stereocenters. The van der Waals surface area contributed by atoms with Crippen LogP contribution in [0.1, 0.15) is 25.8 Å². The SMILES string of the molecule is CC(C)CC(N)C(=O)N[C@@H](Cc1ccc(F)c(F)c1)C(=O)O. The van der Waals surface area contributed by atoms with Gasteiger partial charge in [0.1, 0.15) is 6.04 Å². The molecule has 0 saturated heterocycles. The molecule has 0 saturated carbocycles. The molecule has 1 aromatic carbocycles. The smallest absolute Gasteiger partial charge is 0.326 e. The maximum Gasteiger partial charge on any atom is 0.326 e. The number of carboxylic acid groups (broad SMARTS) is 1. The van der Waals surface area contributed by atoms with Crippen molar-refractivity contribution < 1.29 is 23.5 Å². The Labute approximate surface area is 127 Å². The van der Waals surface area contributed by atoms with Gasteiger partial charge >= 0.3 is 5.97 Å². The van der Waals surface area contributed by atoms with Crippen LogP contribution in [0, 0.1) is 17.6 Å². The van der Waals surface area contributed by atoms with E-state index in [-0.39, 0.29) is 17.9 Å². The molecule has 7 heteroatoms. The number of hydrogen-bond donors (Lipinski definition) is 3. The summed E-state index contributed by atoms with van der Waals surface area (Å²) in [7, 11) is 0. The quantitative estimate of drug-likeness (QED) is 0.710. The monoisotopic (exact) mass is 314 g/mol. The van der Waals surface area contributed by atoms with E-state index in [2.05, 4.69) is 5.32 Å². The van der Waals surface area contributed by atoms with Crippen LogP contribution < -0.4 is 11.1 Å². The number of amides is 1. The van der Waals surface area contributed by atoms with E-state index in [1.807, 2.05) is 13.8 Å². The van der Waals surface area contributed by atoms with E-state index in [0.717, 1.165) is 12.1 Å². The molecule has 0 fully saturated rings. The molecule has 0 aliphatic carbocycles. The summed E-state index contributed by atoms with van der Waals surface area (Å²) in [6.07, 6.45) is 0.260. The van der Waals surface area contributed by atoms with Gasteiger partial charge in [-0.15, -0.1) is 0 Å². The lowest BCUT2D eigenvalue weighted by Crippen LogP contribution is -2.49. The summed E-state index contributed by atoms with van der Waals surface area (Å²) in [5.74, 6) is -3.74. The summed E-state index contributed by atoms with van der Waals surface area (Å²) in [5, 5.41) is 11.5. The number of nitrogens with one attached hydrogen (secondary N) is 1. The van der Waals surface area contributed by atoms with Crippen LogP contribution in [0.3, 0.4) is 0 Å². The number of carbonyl (C=O) groups excluding carboxylic acids is 1. The standard InChI is InChI=1S/C15H20F2N2O3/c1-8(2)5-12(18)14(20)19-13(15(21)22)7-9-3-4-10(16)11(17)6-9/h3-4,6,8,12-13H,5,7,18H2,1-2H3,(H,19,20)(H,21,22)/t12?,13-/m0/s1. The van der Waals surface area contributed by atoms with Crippen LogP contribution in [-0.2, 0) is 16.0 Å².